The molecule has 1 atom stereocenters. The second kappa shape index (κ2) is 6.00. The van der Waals surface area contributed by atoms with Gasteiger partial charge in [-0.2, -0.15) is 0 Å². The topological polar surface area (TPSA) is 61.0 Å². The van der Waals surface area contributed by atoms with E-state index in [1.165, 1.54) is 16.9 Å². The van der Waals surface area contributed by atoms with Gasteiger partial charge in [-0.25, -0.2) is 0 Å². The molecule has 2 N–H and O–H groups in total. The first-order chi connectivity index (χ1) is 8.33. The highest BCUT2D eigenvalue weighted by Crippen LogP contribution is 2.35. The summed E-state index contributed by atoms with van der Waals surface area (Å²) in [5, 5.41) is 8.03. The molecular formula is C11H13N3OS2. The number of methoxy groups -OCH3 is 1. The van der Waals surface area contributed by atoms with Crippen LogP contribution in [0.4, 0.5) is 0 Å². The van der Waals surface area contributed by atoms with Crippen LogP contribution < -0.4 is 10.5 Å². The van der Waals surface area contributed by atoms with Crippen LogP contribution in [0, 0.1) is 0 Å². The SMILES string of the molecule is COc1ccc(C(CN)Sc2nncs2)cc1. The summed E-state index contributed by atoms with van der Waals surface area (Å²) in [4.78, 5) is 0. The van der Waals surface area contributed by atoms with Gasteiger partial charge in [0.05, 0.1) is 7.11 Å². The zero-order valence-corrected chi connectivity index (χ0v) is 11.0. The van der Waals surface area contributed by atoms with Gasteiger partial charge in [-0.15, -0.1) is 10.2 Å². The lowest BCUT2D eigenvalue weighted by molar-refractivity contribution is 0.414. The van der Waals surface area contributed by atoms with E-state index in [1.54, 1.807) is 24.4 Å². The van der Waals surface area contributed by atoms with Crippen molar-refractivity contribution >= 4 is 23.1 Å². The van der Waals surface area contributed by atoms with Crippen molar-refractivity contribution in [3.63, 3.8) is 0 Å². The Bertz CT molecular complexity index is 444. The van der Waals surface area contributed by atoms with E-state index in [9.17, 15) is 0 Å². The van der Waals surface area contributed by atoms with E-state index >= 15 is 0 Å². The molecule has 2 aromatic rings. The van der Waals surface area contributed by atoms with Gasteiger partial charge < -0.3 is 10.5 Å². The van der Waals surface area contributed by atoms with Gasteiger partial charge in [0.25, 0.3) is 0 Å². The molecule has 0 bridgehead atoms. The molecule has 17 heavy (non-hydrogen) atoms. The number of nitrogens with zero attached hydrogens (tertiary/aromatic N) is 2. The fraction of sp³-hybridized carbons (Fsp3) is 0.273. The van der Waals surface area contributed by atoms with Crippen molar-refractivity contribution in [2.75, 3.05) is 13.7 Å². The van der Waals surface area contributed by atoms with Crippen molar-refractivity contribution in [2.45, 2.75) is 9.59 Å². The zero-order chi connectivity index (χ0) is 12.1. The van der Waals surface area contributed by atoms with E-state index in [1.807, 2.05) is 24.3 Å². The minimum Gasteiger partial charge on any atom is -0.497 e. The van der Waals surface area contributed by atoms with Crippen LogP contribution in [-0.2, 0) is 0 Å². The third-order valence-electron chi connectivity index (χ3n) is 2.28. The maximum absolute atomic E-state index is 5.80. The molecule has 6 heteroatoms. The van der Waals surface area contributed by atoms with Crippen LogP contribution in [0.15, 0.2) is 34.1 Å². The first kappa shape index (κ1) is 12.3. The molecule has 0 fully saturated rings. The van der Waals surface area contributed by atoms with Gasteiger partial charge in [0, 0.05) is 11.8 Å². The number of nitrogens with two attached hydrogens (primary N) is 1. The Hall–Kier alpha value is -1.11. The first-order valence-corrected chi connectivity index (χ1v) is 6.86. The number of thioether (sulfide) groups is 1. The van der Waals surface area contributed by atoms with Crippen LogP contribution in [0.1, 0.15) is 10.8 Å². The van der Waals surface area contributed by atoms with Crippen LogP contribution in [0.5, 0.6) is 5.75 Å². The summed E-state index contributed by atoms with van der Waals surface area (Å²) in [6.07, 6.45) is 0. The predicted molar refractivity (Wildman–Crippen MR) is 70.6 cm³/mol. The van der Waals surface area contributed by atoms with Gasteiger partial charge in [0.2, 0.25) is 0 Å². The van der Waals surface area contributed by atoms with Crippen molar-refractivity contribution in [1.29, 1.82) is 0 Å². The smallest absolute Gasteiger partial charge is 0.174 e. The Labute approximate surface area is 108 Å². The molecule has 4 nitrogen and oxygen atoms in total. The lowest BCUT2D eigenvalue weighted by atomic mass is 10.1. The minimum absolute atomic E-state index is 0.203. The number of aromatic nitrogens is 2. The van der Waals surface area contributed by atoms with Crippen molar-refractivity contribution in [3.8, 4) is 5.75 Å². The molecule has 0 saturated carbocycles. The van der Waals surface area contributed by atoms with Crippen molar-refractivity contribution in [3.05, 3.63) is 35.3 Å². The molecule has 2 rings (SSSR count). The standard InChI is InChI=1S/C11H13N3OS2/c1-15-9-4-2-8(3-5-9)10(6-12)17-11-14-13-7-16-11/h2-5,7,10H,6,12H2,1H3. The third kappa shape index (κ3) is 3.18. The highest BCUT2D eigenvalue weighted by molar-refractivity contribution is 8.01. The number of hydrogen-bond donors (Lipinski definition) is 1. The highest BCUT2D eigenvalue weighted by atomic mass is 32.2. The third-order valence-corrected chi connectivity index (χ3v) is 4.38. The second-order valence-electron chi connectivity index (χ2n) is 3.32. The maximum atomic E-state index is 5.80. The average molecular weight is 267 g/mol. The molecule has 0 saturated heterocycles. The Morgan fingerprint density at radius 2 is 2.18 bits per heavy atom. The highest BCUT2D eigenvalue weighted by Gasteiger charge is 2.13. The number of ether oxygens (including phenoxy) is 1. The molecular weight excluding hydrogens is 254 g/mol. The summed E-state index contributed by atoms with van der Waals surface area (Å²) in [5.74, 6) is 0.852. The molecule has 0 radical (unpaired) electrons. The summed E-state index contributed by atoms with van der Waals surface area (Å²) in [6.45, 7) is 0.566. The summed E-state index contributed by atoms with van der Waals surface area (Å²) in [7, 11) is 1.66. The van der Waals surface area contributed by atoms with Crippen molar-refractivity contribution in [2.24, 2.45) is 5.73 Å². The van der Waals surface area contributed by atoms with Gasteiger partial charge in [0.15, 0.2) is 4.34 Å². The molecule has 1 unspecified atom stereocenters. The van der Waals surface area contributed by atoms with Crippen LogP contribution >= 0.6 is 23.1 Å². The van der Waals surface area contributed by atoms with Gasteiger partial charge in [-0.1, -0.05) is 35.2 Å². The minimum atomic E-state index is 0.203. The molecule has 90 valence electrons. The number of hydrogen-bond acceptors (Lipinski definition) is 6. The van der Waals surface area contributed by atoms with E-state index < -0.39 is 0 Å². The number of rotatable bonds is 5. The monoisotopic (exact) mass is 267 g/mol. The van der Waals surface area contributed by atoms with E-state index in [2.05, 4.69) is 10.2 Å². The normalized spacial score (nSPS) is 12.4. The molecule has 0 aliphatic carbocycles. The van der Waals surface area contributed by atoms with Crippen LogP contribution in [-0.4, -0.2) is 23.9 Å². The molecule has 0 spiro atoms. The lowest BCUT2D eigenvalue weighted by Gasteiger charge is -2.13. The van der Waals surface area contributed by atoms with Gasteiger partial charge >= 0.3 is 0 Å². The lowest BCUT2D eigenvalue weighted by Crippen LogP contribution is -2.09. The zero-order valence-electron chi connectivity index (χ0n) is 9.37. The Morgan fingerprint density at radius 3 is 2.71 bits per heavy atom. The summed E-state index contributed by atoms with van der Waals surface area (Å²) >= 11 is 3.17. The van der Waals surface area contributed by atoms with E-state index in [-0.39, 0.29) is 5.25 Å². The summed E-state index contributed by atoms with van der Waals surface area (Å²) < 4.78 is 6.07. The Kier molecular flexibility index (Phi) is 4.36. The second-order valence-corrected chi connectivity index (χ2v) is 5.60. The average Bonchev–Trinajstić information content (AvgIpc) is 2.89. The van der Waals surface area contributed by atoms with Gasteiger partial charge in [-0.05, 0) is 17.7 Å². The summed E-state index contributed by atoms with van der Waals surface area (Å²) in [6, 6.07) is 7.95. The molecule has 1 heterocycles. The molecule has 0 amide bonds. The molecule has 0 aliphatic heterocycles. The van der Waals surface area contributed by atoms with Crippen LogP contribution in [0.3, 0.4) is 0 Å². The summed E-state index contributed by atoms with van der Waals surface area (Å²) in [5.41, 5.74) is 8.70. The van der Waals surface area contributed by atoms with Crippen molar-refractivity contribution < 1.29 is 4.74 Å². The van der Waals surface area contributed by atoms with E-state index in [0.717, 1.165) is 10.1 Å². The fourth-order valence-corrected chi connectivity index (χ4v) is 3.11. The largest absolute Gasteiger partial charge is 0.497 e. The maximum Gasteiger partial charge on any atom is 0.174 e. The molecule has 0 aliphatic rings. The van der Waals surface area contributed by atoms with E-state index in [0.29, 0.717) is 6.54 Å². The van der Waals surface area contributed by atoms with Crippen LogP contribution in [0.2, 0.25) is 0 Å². The van der Waals surface area contributed by atoms with Gasteiger partial charge in [-0.3, -0.25) is 0 Å². The fourth-order valence-electron chi connectivity index (χ4n) is 1.41. The van der Waals surface area contributed by atoms with E-state index in [4.69, 9.17) is 10.5 Å². The van der Waals surface area contributed by atoms with Gasteiger partial charge in [0.1, 0.15) is 11.3 Å². The first-order valence-electron chi connectivity index (χ1n) is 5.10. The quantitative estimate of drug-likeness (QED) is 0.843. The molecule has 1 aromatic carbocycles. The van der Waals surface area contributed by atoms with Crippen LogP contribution in [0.25, 0.3) is 0 Å². The Balaban J connectivity index is 2.11. The Morgan fingerprint density at radius 1 is 1.41 bits per heavy atom. The number of benzene rings is 1. The molecule has 1 aromatic heterocycles. The predicted octanol–water partition coefficient (Wildman–Crippen LogP) is 2.34. The van der Waals surface area contributed by atoms with Crippen molar-refractivity contribution in [1.82, 2.24) is 10.2 Å².